The fourth-order valence-electron chi connectivity index (χ4n) is 2.61. The van der Waals surface area contributed by atoms with Crippen molar-refractivity contribution in [3.8, 4) is 0 Å². The van der Waals surface area contributed by atoms with E-state index in [4.69, 9.17) is 5.73 Å². The molecule has 2 nitrogen and oxygen atoms in total. The van der Waals surface area contributed by atoms with E-state index < -0.39 is 0 Å². The largest absolute Gasteiger partial charge is 0.322 e. The lowest BCUT2D eigenvalue weighted by Gasteiger charge is -2.29. The number of rotatable bonds is 0. The average Bonchev–Trinajstić information content (AvgIpc) is 2.84. The quantitative estimate of drug-likeness (QED) is 0.703. The minimum Gasteiger partial charge on any atom is -0.322 e. The van der Waals surface area contributed by atoms with E-state index in [0.717, 1.165) is 0 Å². The van der Waals surface area contributed by atoms with Crippen molar-refractivity contribution in [2.75, 3.05) is 0 Å². The van der Waals surface area contributed by atoms with Gasteiger partial charge in [0.15, 0.2) is 0 Å². The minimum absolute atomic E-state index is 0.156. The van der Waals surface area contributed by atoms with Gasteiger partial charge in [-0.3, -0.25) is 0 Å². The zero-order valence-corrected chi connectivity index (χ0v) is 10.1. The molecular formula is C11H14N2S2. The Balaban J connectivity index is 2.06. The predicted octanol–water partition coefficient (Wildman–Crippen LogP) is 3.40. The van der Waals surface area contributed by atoms with Gasteiger partial charge in [-0.1, -0.05) is 12.8 Å². The van der Waals surface area contributed by atoms with Crippen molar-refractivity contribution in [3.63, 3.8) is 0 Å². The van der Waals surface area contributed by atoms with Crippen LogP contribution >= 0.6 is 23.3 Å². The fraction of sp³-hybridized carbons (Fsp3) is 0.545. The van der Waals surface area contributed by atoms with Crippen LogP contribution in [-0.2, 0) is 0 Å². The normalized spacial score (nSPS) is 27.9. The van der Waals surface area contributed by atoms with Gasteiger partial charge in [0, 0.05) is 33.4 Å². The molecule has 1 aliphatic carbocycles. The Morgan fingerprint density at radius 1 is 1.40 bits per heavy atom. The van der Waals surface area contributed by atoms with Crippen LogP contribution in [0, 0.1) is 5.41 Å². The second kappa shape index (κ2) is 3.61. The maximum absolute atomic E-state index is 6.44. The van der Waals surface area contributed by atoms with Crippen LogP contribution in [0.1, 0.15) is 36.6 Å². The summed E-state index contributed by atoms with van der Waals surface area (Å²) in [5.74, 6) is 0. The van der Waals surface area contributed by atoms with Crippen molar-refractivity contribution >= 4 is 29.5 Å². The number of thiophene rings is 1. The van der Waals surface area contributed by atoms with Crippen LogP contribution in [0.2, 0.25) is 0 Å². The lowest BCUT2D eigenvalue weighted by Crippen LogP contribution is -2.32. The Hall–Kier alpha value is -0.320. The number of fused-ring (bicyclic) bond motifs is 1. The second-order valence-electron chi connectivity index (χ2n) is 4.39. The topological polar surface area (TPSA) is 38.4 Å². The Morgan fingerprint density at radius 3 is 3.00 bits per heavy atom. The van der Waals surface area contributed by atoms with Gasteiger partial charge < -0.3 is 5.73 Å². The van der Waals surface area contributed by atoms with E-state index in [1.165, 1.54) is 35.5 Å². The molecule has 1 aromatic heterocycles. The van der Waals surface area contributed by atoms with Gasteiger partial charge in [-0.05, 0) is 24.3 Å². The molecule has 80 valence electrons. The van der Waals surface area contributed by atoms with E-state index in [1.807, 2.05) is 0 Å². The Kier molecular flexibility index (Phi) is 2.38. The van der Waals surface area contributed by atoms with Crippen molar-refractivity contribution in [2.45, 2.75) is 36.6 Å². The highest BCUT2D eigenvalue weighted by Crippen LogP contribution is 2.50. The Morgan fingerprint density at radius 2 is 2.20 bits per heavy atom. The molecule has 0 saturated heterocycles. The van der Waals surface area contributed by atoms with Gasteiger partial charge in [0.1, 0.15) is 0 Å². The molecule has 1 spiro atoms. The van der Waals surface area contributed by atoms with E-state index in [-0.39, 0.29) is 11.5 Å². The Bertz CT molecular complexity index is 391. The molecule has 1 aliphatic heterocycles. The molecule has 15 heavy (non-hydrogen) atoms. The monoisotopic (exact) mass is 238 g/mol. The van der Waals surface area contributed by atoms with Gasteiger partial charge in [0.25, 0.3) is 0 Å². The maximum Gasteiger partial charge on any atom is 0.0509 e. The molecular weight excluding hydrogens is 224 g/mol. The summed E-state index contributed by atoms with van der Waals surface area (Å²) in [6.45, 7) is 0. The van der Waals surface area contributed by atoms with E-state index in [0.29, 0.717) is 0 Å². The molecule has 1 unspecified atom stereocenters. The first kappa shape index (κ1) is 9.87. The van der Waals surface area contributed by atoms with E-state index in [9.17, 15) is 0 Å². The lowest BCUT2D eigenvalue weighted by atomic mass is 9.79. The van der Waals surface area contributed by atoms with E-state index >= 15 is 0 Å². The van der Waals surface area contributed by atoms with Gasteiger partial charge in [0.05, 0.1) is 6.04 Å². The van der Waals surface area contributed by atoms with Crippen molar-refractivity contribution in [1.29, 1.82) is 0 Å². The molecule has 3 rings (SSSR count). The van der Waals surface area contributed by atoms with Crippen molar-refractivity contribution in [3.05, 3.63) is 16.3 Å². The van der Waals surface area contributed by atoms with Crippen LogP contribution in [0.25, 0.3) is 0 Å². The number of nitrogens with two attached hydrogens (primary N) is 1. The van der Waals surface area contributed by atoms with Crippen LogP contribution in [0.4, 0.5) is 0 Å². The summed E-state index contributed by atoms with van der Waals surface area (Å²) in [6, 6.07) is 2.30. The maximum atomic E-state index is 6.44. The molecule has 1 saturated carbocycles. The first-order chi connectivity index (χ1) is 7.32. The van der Waals surface area contributed by atoms with Gasteiger partial charge in [-0.15, -0.1) is 11.3 Å². The predicted molar refractivity (Wildman–Crippen MR) is 66.5 cm³/mol. The summed E-state index contributed by atoms with van der Waals surface area (Å²) < 4.78 is 4.49. The molecule has 2 heterocycles. The van der Waals surface area contributed by atoms with Crippen molar-refractivity contribution in [1.82, 2.24) is 0 Å². The molecule has 0 bridgehead atoms. The number of nitrogens with zero attached hydrogens (tertiary/aromatic N) is 1. The number of hydrogen-bond acceptors (Lipinski definition) is 4. The summed E-state index contributed by atoms with van der Waals surface area (Å²) in [6.07, 6.45) is 7.13. The van der Waals surface area contributed by atoms with Crippen LogP contribution in [0.3, 0.4) is 0 Å². The summed E-state index contributed by atoms with van der Waals surface area (Å²) >= 11 is 3.36. The molecule has 4 heteroatoms. The lowest BCUT2D eigenvalue weighted by molar-refractivity contribution is 0.360. The molecule has 1 fully saturated rings. The standard InChI is InChI=1S/C11H14N2S2/c12-10-9-8(3-6-14-9)15-13-7-11(10)4-1-2-5-11/h3,6-7,10H,1-2,4-5,12H2. The molecule has 1 aromatic rings. The fourth-order valence-corrected chi connectivity index (χ4v) is 4.59. The van der Waals surface area contributed by atoms with Crippen LogP contribution in [-0.4, -0.2) is 6.21 Å². The first-order valence-electron chi connectivity index (χ1n) is 5.36. The first-order valence-corrected chi connectivity index (χ1v) is 7.02. The smallest absolute Gasteiger partial charge is 0.0509 e. The summed E-state index contributed by atoms with van der Waals surface area (Å²) in [5.41, 5.74) is 6.59. The van der Waals surface area contributed by atoms with Gasteiger partial charge >= 0.3 is 0 Å². The number of hydrogen-bond donors (Lipinski definition) is 1. The van der Waals surface area contributed by atoms with Gasteiger partial charge in [-0.25, -0.2) is 4.40 Å². The summed E-state index contributed by atoms with van der Waals surface area (Å²) in [4.78, 5) is 2.59. The molecule has 2 aliphatic rings. The highest BCUT2D eigenvalue weighted by Gasteiger charge is 2.41. The Labute approximate surface area is 98.1 Å². The molecule has 2 N–H and O–H groups in total. The second-order valence-corrected chi connectivity index (χ2v) is 6.17. The van der Waals surface area contributed by atoms with Crippen LogP contribution in [0.15, 0.2) is 20.7 Å². The average molecular weight is 238 g/mol. The van der Waals surface area contributed by atoms with Crippen LogP contribution in [0.5, 0.6) is 0 Å². The summed E-state index contributed by atoms with van der Waals surface area (Å²) in [5, 5.41) is 2.13. The molecule has 1 atom stereocenters. The van der Waals surface area contributed by atoms with Gasteiger partial charge in [0.2, 0.25) is 0 Å². The van der Waals surface area contributed by atoms with Crippen molar-refractivity contribution in [2.24, 2.45) is 15.5 Å². The SMILES string of the molecule is NC1c2sccc2SN=CC12CCCC2. The highest BCUT2D eigenvalue weighted by molar-refractivity contribution is 7.98. The third kappa shape index (κ3) is 1.47. The zero-order valence-electron chi connectivity index (χ0n) is 8.48. The minimum atomic E-state index is 0.156. The van der Waals surface area contributed by atoms with E-state index in [2.05, 4.69) is 22.1 Å². The van der Waals surface area contributed by atoms with Crippen molar-refractivity contribution < 1.29 is 0 Å². The third-order valence-corrected chi connectivity index (χ3v) is 5.45. The molecule has 0 aromatic carbocycles. The van der Waals surface area contributed by atoms with Gasteiger partial charge in [-0.2, -0.15) is 0 Å². The molecule has 0 amide bonds. The zero-order chi connectivity index (χ0) is 10.3. The summed E-state index contributed by atoms with van der Waals surface area (Å²) in [7, 11) is 0. The highest BCUT2D eigenvalue weighted by atomic mass is 32.2. The third-order valence-electron chi connectivity index (χ3n) is 3.55. The van der Waals surface area contributed by atoms with E-state index in [1.54, 1.807) is 23.3 Å². The molecule has 0 radical (unpaired) electrons. The van der Waals surface area contributed by atoms with Crippen LogP contribution < -0.4 is 5.73 Å².